The summed E-state index contributed by atoms with van der Waals surface area (Å²) in [4.78, 5) is 0. The third-order valence-electron chi connectivity index (χ3n) is 3.48. The van der Waals surface area contributed by atoms with Gasteiger partial charge in [-0.15, -0.1) is 0 Å². The molecule has 0 saturated carbocycles. The summed E-state index contributed by atoms with van der Waals surface area (Å²) in [5.74, 6) is 0.462. The molecular formula is C15H22O3S. The summed E-state index contributed by atoms with van der Waals surface area (Å²) in [6.45, 7) is 0.713. The summed E-state index contributed by atoms with van der Waals surface area (Å²) < 4.78 is 29.5. The number of benzene rings is 1. The highest BCUT2D eigenvalue weighted by Gasteiger charge is 2.21. The van der Waals surface area contributed by atoms with Crippen molar-refractivity contribution in [3.63, 3.8) is 0 Å². The van der Waals surface area contributed by atoms with E-state index in [0.717, 1.165) is 25.7 Å². The van der Waals surface area contributed by atoms with Gasteiger partial charge in [0, 0.05) is 6.61 Å². The van der Waals surface area contributed by atoms with E-state index in [-0.39, 0.29) is 17.6 Å². The van der Waals surface area contributed by atoms with E-state index < -0.39 is 9.84 Å². The number of rotatable bonds is 6. The van der Waals surface area contributed by atoms with E-state index in [1.54, 1.807) is 0 Å². The van der Waals surface area contributed by atoms with Crippen molar-refractivity contribution in [3.8, 4) is 0 Å². The first kappa shape index (κ1) is 14.5. The molecule has 1 heterocycles. The van der Waals surface area contributed by atoms with E-state index in [4.69, 9.17) is 4.74 Å². The van der Waals surface area contributed by atoms with Gasteiger partial charge in [-0.25, -0.2) is 8.42 Å². The van der Waals surface area contributed by atoms with Crippen molar-refractivity contribution < 1.29 is 13.2 Å². The standard InChI is InChI=1S/C15H22O3S/c16-19(17,13-15-10-4-5-11-18-15)12-6-9-14-7-2-1-3-8-14/h1-3,7-8,15H,4-6,9-13H2. The Kier molecular flexibility index (Phi) is 5.40. The first-order chi connectivity index (χ1) is 9.16. The van der Waals surface area contributed by atoms with Crippen molar-refractivity contribution >= 4 is 9.84 Å². The van der Waals surface area contributed by atoms with Crippen molar-refractivity contribution in [1.82, 2.24) is 0 Å². The van der Waals surface area contributed by atoms with Crippen LogP contribution in [0, 0.1) is 0 Å². The number of hydrogen-bond donors (Lipinski definition) is 0. The molecule has 106 valence electrons. The molecule has 3 nitrogen and oxygen atoms in total. The lowest BCUT2D eigenvalue weighted by Gasteiger charge is -2.22. The van der Waals surface area contributed by atoms with Gasteiger partial charge < -0.3 is 4.74 Å². The minimum atomic E-state index is -2.98. The molecule has 1 atom stereocenters. The van der Waals surface area contributed by atoms with Crippen LogP contribution in [0.15, 0.2) is 30.3 Å². The fraction of sp³-hybridized carbons (Fsp3) is 0.600. The lowest BCUT2D eigenvalue weighted by atomic mass is 10.1. The summed E-state index contributed by atoms with van der Waals surface area (Å²) in [5.41, 5.74) is 1.20. The second-order valence-electron chi connectivity index (χ2n) is 5.19. The average molecular weight is 282 g/mol. The van der Waals surface area contributed by atoms with Crippen LogP contribution in [0.4, 0.5) is 0 Å². The van der Waals surface area contributed by atoms with Gasteiger partial charge in [0.25, 0.3) is 0 Å². The molecule has 0 amide bonds. The third kappa shape index (κ3) is 5.33. The molecule has 1 fully saturated rings. The zero-order valence-electron chi connectivity index (χ0n) is 11.3. The molecule has 1 aliphatic heterocycles. The Labute approximate surface area is 115 Å². The molecule has 0 aliphatic carbocycles. The van der Waals surface area contributed by atoms with Crippen LogP contribution in [-0.2, 0) is 21.0 Å². The van der Waals surface area contributed by atoms with Gasteiger partial charge >= 0.3 is 0 Å². The summed E-state index contributed by atoms with van der Waals surface area (Å²) in [6.07, 6.45) is 4.48. The van der Waals surface area contributed by atoms with E-state index >= 15 is 0 Å². The van der Waals surface area contributed by atoms with Gasteiger partial charge in [-0.05, 0) is 37.7 Å². The number of aryl methyl sites for hydroxylation is 1. The zero-order chi connectivity index (χ0) is 13.6. The molecule has 1 aromatic rings. The Balaban J connectivity index is 1.74. The molecule has 2 rings (SSSR count). The maximum Gasteiger partial charge on any atom is 0.152 e. The Hall–Kier alpha value is -0.870. The molecule has 0 N–H and O–H groups in total. The summed E-state index contributed by atoms with van der Waals surface area (Å²) in [6, 6.07) is 10.0. The first-order valence-corrected chi connectivity index (χ1v) is 8.84. The Morgan fingerprint density at radius 3 is 2.63 bits per heavy atom. The number of ether oxygens (including phenoxy) is 1. The molecule has 19 heavy (non-hydrogen) atoms. The lowest BCUT2D eigenvalue weighted by molar-refractivity contribution is 0.0305. The maximum atomic E-state index is 12.0. The molecule has 1 saturated heterocycles. The van der Waals surface area contributed by atoms with Crippen LogP contribution in [0.2, 0.25) is 0 Å². The lowest BCUT2D eigenvalue weighted by Crippen LogP contribution is -2.29. The van der Waals surface area contributed by atoms with E-state index in [2.05, 4.69) is 0 Å². The Bertz CT molecular complexity index is 461. The Morgan fingerprint density at radius 2 is 1.95 bits per heavy atom. The molecule has 0 radical (unpaired) electrons. The zero-order valence-corrected chi connectivity index (χ0v) is 12.1. The van der Waals surface area contributed by atoms with Gasteiger partial charge in [0.05, 0.1) is 17.6 Å². The molecule has 1 unspecified atom stereocenters. The first-order valence-electron chi connectivity index (χ1n) is 7.02. The highest BCUT2D eigenvalue weighted by atomic mass is 32.2. The van der Waals surface area contributed by atoms with E-state index in [1.165, 1.54) is 5.56 Å². The van der Waals surface area contributed by atoms with Crippen LogP contribution in [0.25, 0.3) is 0 Å². The second kappa shape index (κ2) is 7.06. The normalized spacial score (nSPS) is 20.3. The quantitative estimate of drug-likeness (QED) is 0.805. The SMILES string of the molecule is O=S(=O)(CCCc1ccccc1)CC1CCCCO1. The van der Waals surface area contributed by atoms with Crippen LogP contribution in [0.5, 0.6) is 0 Å². The predicted octanol–water partition coefficient (Wildman–Crippen LogP) is 2.60. The molecule has 0 bridgehead atoms. The molecule has 4 heteroatoms. The maximum absolute atomic E-state index is 12.0. The smallest absolute Gasteiger partial charge is 0.152 e. The van der Waals surface area contributed by atoms with Crippen molar-refractivity contribution in [3.05, 3.63) is 35.9 Å². The minimum Gasteiger partial charge on any atom is -0.377 e. The third-order valence-corrected chi connectivity index (χ3v) is 5.27. The average Bonchev–Trinajstić information content (AvgIpc) is 2.40. The monoisotopic (exact) mass is 282 g/mol. The molecule has 1 aromatic carbocycles. The van der Waals surface area contributed by atoms with Gasteiger partial charge in [-0.1, -0.05) is 30.3 Å². The topological polar surface area (TPSA) is 43.4 Å². The molecular weight excluding hydrogens is 260 g/mol. The van der Waals surface area contributed by atoms with Crippen molar-refractivity contribution in [2.45, 2.75) is 38.2 Å². The van der Waals surface area contributed by atoms with E-state index in [0.29, 0.717) is 13.0 Å². The van der Waals surface area contributed by atoms with E-state index in [9.17, 15) is 8.42 Å². The fourth-order valence-corrected chi connectivity index (χ4v) is 4.03. The molecule has 0 aromatic heterocycles. The van der Waals surface area contributed by atoms with Crippen LogP contribution < -0.4 is 0 Å². The fourth-order valence-electron chi connectivity index (χ4n) is 2.45. The van der Waals surface area contributed by atoms with Crippen LogP contribution in [-0.4, -0.2) is 32.6 Å². The van der Waals surface area contributed by atoms with Crippen LogP contribution in [0.3, 0.4) is 0 Å². The van der Waals surface area contributed by atoms with Gasteiger partial charge in [-0.2, -0.15) is 0 Å². The molecule has 0 spiro atoms. The second-order valence-corrected chi connectivity index (χ2v) is 7.42. The van der Waals surface area contributed by atoms with Crippen molar-refractivity contribution in [2.75, 3.05) is 18.1 Å². The largest absolute Gasteiger partial charge is 0.377 e. The minimum absolute atomic E-state index is 0.0736. The van der Waals surface area contributed by atoms with Crippen molar-refractivity contribution in [2.24, 2.45) is 0 Å². The number of sulfone groups is 1. The van der Waals surface area contributed by atoms with Crippen LogP contribution >= 0.6 is 0 Å². The Morgan fingerprint density at radius 1 is 1.16 bits per heavy atom. The van der Waals surface area contributed by atoms with Crippen LogP contribution in [0.1, 0.15) is 31.2 Å². The van der Waals surface area contributed by atoms with Crippen molar-refractivity contribution in [1.29, 1.82) is 0 Å². The number of hydrogen-bond acceptors (Lipinski definition) is 3. The van der Waals surface area contributed by atoms with Gasteiger partial charge in [0.1, 0.15) is 0 Å². The van der Waals surface area contributed by atoms with Gasteiger partial charge in [0.15, 0.2) is 9.84 Å². The highest BCUT2D eigenvalue weighted by molar-refractivity contribution is 7.91. The highest BCUT2D eigenvalue weighted by Crippen LogP contribution is 2.15. The predicted molar refractivity (Wildman–Crippen MR) is 77.0 cm³/mol. The summed E-state index contributed by atoms with van der Waals surface area (Å²) >= 11 is 0. The van der Waals surface area contributed by atoms with Gasteiger partial charge in [-0.3, -0.25) is 0 Å². The van der Waals surface area contributed by atoms with Gasteiger partial charge in [0.2, 0.25) is 0 Å². The molecule has 1 aliphatic rings. The summed E-state index contributed by atoms with van der Waals surface area (Å²) in [5, 5.41) is 0. The van der Waals surface area contributed by atoms with E-state index in [1.807, 2.05) is 30.3 Å². The summed E-state index contributed by atoms with van der Waals surface area (Å²) in [7, 11) is -2.98.